The van der Waals surface area contributed by atoms with E-state index in [1.54, 1.807) is 24.3 Å². The summed E-state index contributed by atoms with van der Waals surface area (Å²) in [5, 5.41) is 13.7. The van der Waals surface area contributed by atoms with E-state index in [0.29, 0.717) is 12.1 Å². The molecular formula is C14H18N4O2. The molecule has 0 aliphatic carbocycles. The zero-order valence-corrected chi connectivity index (χ0v) is 11.5. The maximum atomic E-state index is 12.1. The molecule has 1 aromatic carbocycles. The molecule has 0 heterocycles. The van der Waals surface area contributed by atoms with Crippen LogP contribution in [0, 0.1) is 17.2 Å². The number of urea groups is 1. The molecule has 0 saturated heterocycles. The molecule has 0 aliphatic heterocycles. The Kier molecular flexibility index (Phi) is 5.54. The summed E-state index contributed by atoms with van der Waals surface area (Å²) in [7, 11) is 0. The van der Waals surface area contributed by atoms with Crippen molar-refractivity contribution in [2.45, 2.75) is 26.3 Å². The number of amides is 3. The molecule has 0 fully saturated rings. The van der Waals surface area contributed by atoms with Crippen LogP contribution in [-0.2, 0) is 11.2 Å². The molecule has 20 heavy (non-hydrogen) atoms. The van der Waals surface area contributed by atoms with Crippen molar-refractivity contribution in [2.24, 2.45) is 11.7 Å². The van der Waals surface area contributed by atoms with E-state index in [0.717, 1.165) is 5.56 Å². The van der Waals surface area contributed by atoms with Gasteiger partial charge in [0.1, 0.15) is 6.04 Å². The van der Waals surface area contributed by atoms with Crippen molar-refractivity contribution in [3.8, 4) is 6.07 Å². The number of carbonyl (C=O) groups excluding carboxylic acids is 2. The lowest BCUT2D eigenvalue weighted by atomic mass is 10.0. The zero-order chi connectivity index (χ0) is 15.1. The summed E-state index contributed by atoms with van der Waals surface area (Å²) >= 11 is 0. The van der Waals surface area contributed by atoms with Crippen molar-refractivity contribution >= 4 is 17.6 Å². The lowest BCUT2D eigenvalue weighted by molar-refractivity contribution is -0.118. The van der Waals surface area contributed by atoms with Gasteiger partial charge in [-0.05, 0) is 23.6 Å². The maximum absolute atomic E-state index is 12.1. The summed E-state index contributed by atoms with van der Waals surface area (Å²) in [6.45, 7) is 3.63. The highest BCUT2D eigenvalue weighted by atomic mass is 16.2. The van der Waals surface area contributed by atoms with E-state index in [1.807, 2.05) is 13.8 Å². The van der Waals surface area contributed by atoms with Gasteiger partial charge in [-0.1, -0.05) is 26.0 Å². The third kappa shape index (κ3) is 4.61. The third-order valence-electron chi connectivity index (χ3n) is 2.75. The van der Waals surface area contributed by atoms with Crippen LogP contribution in [0.2, 0.25) is 0 Å². The number of anilines is 1. The summed E-state index contributed by atoms with van der Waals surface area (Å²) in [4.78, 5) is 23.0. The van der Waals surface area contributed by atoms with Crippen molar-refractivity contribution < 1.29 is 9.59 Å². The van der Waals surface area contributed by atoms with Crippen LogP contribution in [0.5, 0.6) is 0 Å². The Bertz CT molecular complexity index is 517. The first-order chi connectivity index (χ1) is 9.43. The quantitative estimate of drug-likeness (QED) is 0.754. The molecule has 1 aromatic rings. The molecule has 0 saturated carbocycles. The average Bonchev–Trinajstić information content (AvgIpc) is 2.38. The van der Waals surface area contributed by atoms with Gasteiger partial charge in [0.25, 0.3) is 0 Å². The zero-order valence-electron chi connectivity index (χ0n) is 11.5. The number of carbonyl (C=O) groups is 2. The first kappa shape index (κ1) is 15.5. The Hall–Kier alpha value is -2.55. The van der Waals surface area contributed by atoms with E-state index >= 15 is 0 Å². The van der Waals surface area contributed by atoms with Gasteiger partial charge in [-0.25, -0.2) is 4.79 Å². The number of nitriles is 1. The average molecular weight is 274 g/mol. The molecule has 0 unspecified atom stereocenters. The first-order valence-corrected chi connectivity index (χ1v) is 6.26. The Morgan fingerprint density at radius 1 is 1.30 bits per heavy atom. The summed E-state index contributed by atoms with van der Waals surface area (Å²) in [5.74, 6) is -0.410. The maximum Gasteiger partial charge on any atom is 0.312 e. The topological polar surface area (TPSA) is 108 Å². The van der Waals surface area contributed by atoms with Gasteiger partial charge in [-0.3, -0.25) is 4.79 Å². The highest BCUT2D eigenvalue weighted by Gasteiger charge is 2.23. The number of primary amides is 1. The van der Waals surface area contributed by atoms with Gasteiger partial charge in [-0.15, -0.1) is 0 Å². The summed E-state index contributed by atoms with van der Waals surface area (Å²) in [6, 6.07) is 7.59. The van der Waals surface area contributed by atoms with Crippen molar-refractivity contribution in [1.82, 2.24) is 5.32 Å². The van der Waals surface area contributed by atoms with Crippen LogP contribution in [0.15, 0.2) is 24.3 Å². The predicted octanol–water partition coefficient (Wildman–Crippen LogP) is 1.38. The van der Waals surface area contributed by atoms with Crippen molar-refractivity contribution in [3.05, 3.63) is 29.8 Å². The van der Waals surface area contributed by atoms with Crippen LogP contribution in [-0.4, -0.2) is 18.0 Å². The summed E-state index contributed by atoms with van der Waals surface area (Å²) < 4.78 is 0. The van der Waals surface area contributed by atoms with E-state index in [2.05, 4.69) is 16.7 Å². The molecule has 0 bridgehead atoms. The number of nitrogens with two attached hydrogens (primary N) is 1. The standard InChI is InChI=1S/C14H18N4O2/c1-9(2)12(18-14(16)20)13(19)17-11-5-3-10(4-6-11)7-8-15/h3-6,9,12H,7H2,1-2H3,(H,17,19)(H3,16,18,20)/t12-/m0/s1. The highest BCUT2D eigenvalue weighted by Crippen LogP contribution is 2.12. The smallest absolute Gasteiger partial charge is 0.312 e. The molecule has 0 aliphatic rings. The fourth-order valence-electron chi connectivity index (χ4n) is 1.71. The Labute approximate surface area is 118 Å². The predicted molar refractivity (Wildman–Crippen MR) is 75.7 cm³/mol. The van der Waals surface area contributed by atoms with Crippen LogP contribution < -0.4 is 16.4 Å². The minimum atomic E-state index is -0.733. The molecule has 0 spiro atoms. The minimum Gasteiger partial charge on any atom is -0.352 e. The molecule has 1 rings (SSSR count). The van der Waals surface area contributed by atoms with Gasteiger partial charge in [0.2, 0.25) is 5.91 Å². The van der Waals surface area contributed by atoms with Gasteiger partial charge in [0, 0.05) is 5.69 Å². The van der Waals surface area contributed by atoms with Crippen LogP contribution in [0.1, 0.15) is 19.4 Å². The van der Waals surface area contributed by atoms with Gasteiger partial charge >= 0.3 is 6.03 Å². The van der Waals surface area contributed by atoms with E-state index in [-0.39, 0.29) is 11.8 Å². The lowest BCUT2D eigenvalue weighted by Gasteiger charge is -2.20. The van der Waals surface area contributed by atoms with Crippen molar-refractivity contribution in [3.63, 3.8) is 0 Å². The van der Waals surface area contributed by atoms with Crippen molar-refractivity contribution in [2.75, 3.05) is 5.32 Å². The van der Waals surface area contributed by atoms with Crippen LogP contribution >= 0.6 is 0 Å². The van der Waals surface area contributed by atoms with Crippen LogP contribution in [0.4, 0.5) is 10.5 Å². The fourth-order valence-corrected chi connectivity index (χ4v) is 1.71. The molecule has 1 atom stereocenters. The van der Waals surface area contributed by atoms with Crippen LogP contribution in [0.3, 0.4) is 0 Å². The first-order valence-electron chi connectivity index (χ1n) is 6.26. The fraction of sp³-hybridized carbons (Fsp3) is 0.357. The highest BCUT2D eigenvalue weighted by molar-refractivity contribution is 5.97. The van der Waals surface area contributed by atoms with E-state index in [1.165, 1.54) is 0 Å². The number of rotatable bonds is 5. The number of hydrogen-bond acceptors (Lipinski definition) is 3. The summed E-state index contributed by atoms with van der Waals surface area (Å²) in [6.07, 6.45) is 0.325. The molecular weight excluding hydrogens is 256 g/mol. The molecule has 0 aromatic heterocycles. The molecule has 3 amide bonds. The largest absolute Gasteiger partial charge is 0.352 e. The third-order valence-corrected chi connectivity index (χ3v) is 2.75. The van der Waals surface area contributed by atoms with E-state index in [4.69, 9.17) is 11.0 Å². The molecule has 6 heteroatoms. The SMILES string of the molecule is CC(C)[C@H](NC(N)=O)C(=O)Nc1ccc(CC#N)cc1. The van der Waals surface area contributed by atoms with E-state index in [9.17, 15) is 9.59 Å². The Morgan fingerprint density at radius 2 is 1.90 bits per heavy atom. The number of hydrogen-bond donors (Lipinski definition) is 3. The second-order valence-electron chi connectivity index (χ2n) is 4.75. The Morgan fingerprint density at radius 3 is 2.35 bits per heavy atom. The molecule has 0 radical (unpaired) electrons. The van der Waals surface area contributed by atoms with Gasteiger partial charge in [-0.2, -0.15) is 5.26 Å². The van der Waals surface area contributed by atoms with Gasteiger partial charge in [0.15, 0.2) is 0 Å². The minimum absolute atomic E-state index is 0.0830. The van der Waals surface area contributed by atoms with E-state index < -0.39 is 12.1 Å². The Balaban J connectivity index is 2.72. The second-order valence-corrected chi connectivity index (χ2v) is 4.75. The second kappa shape index (κ2) is 7.14. The lowest BCUT2D eigenvalue weighted by Crippen LogP contribution is -2.49. The molecule has 6 nitrogen and oxygen atoms in total. The summed E-state index contributed by atoms with van der Waals surface area (Å²) in [5.41, 5.74) is 6.54. The molecule has 106 valence electrons. The van der Waals surface area contributed by atoms with Crippen LogP contribution in [0.25, 0.3) is 0 Å². The normalized spacial score (nSPS) is 11.5. The monoisotopic (exact) mass is 274 g/mol. The van der Waals surface area contributed by atoms with Gasteiger partial charge in [0.05, 0.1) is 12.5 Å². The number of nitrogens with one attached hydrogen (secondary N) is 2. The number of benzene rings is 1. The number of nitrogens with zero attached hydrogens (tertiary/aromatic N) is 1. The van der Waals surface area contributed by atoms with Gasteiger partial charge < -0.3 is 16.4 Å². The molecule has 4 N–H and O–H groups in total. The van der Waals surface area contributed by atoms with Crippen molar-refractivity contribution in [1.29, 1.82) is 5.26 Å².